The van der Waals surface area contributed by atoms with Crippen LogP contribution in [0.5, 0.6) is 11.5 Å². The van der Waals surface area contributed by atoms with E-state index in [2.05, 4.69) is 0 Å². The summed E-state index contributed by atoms with van der Waals surface area (Å²) in [5.41, 5.74) is 6.17. The average molecular weight is 236 g/mol. The highest BCUT2D eigenvalue weighted by molar-refractivity contribution is 5.98. The maximum absolute atomic E-state index is 12.2. The van der Waals surface area contributed by atoms with Crippen LogP contribution in [0.1, 0.15) is 10.4 Å². The Hall–Kier alpha value is -1.75. The number of ether oxygens (including phenoxy) is 2. The van der Waals surface area contributed by atoms with E-state index in [-0.39, 0.29) is 11.9 Å². The van der Waals surface area contributed by atoms with Crippen molar-refractivity contribution in [3.05, 3.63) is 23.8 Å². The molecule has 0 spiro atoms. The molecule has 1 aromatic carbocycles. The lowest BCUT2D eigenvalue weighted by Crippen LogP contribution is -2.57. The van der Waals surface area contributed by atoms with Crippen LogP contribution in [0.15, 0.2) is 18.2 Å². The van der Waals surface area contributed by atoms with Gasteiger partial charge in [-0.3, -0.25) is 4.79 Å². The van der Waals surface area contributed by atoms with Crippen LogP contribution in [0, 0.1) is 0 Å². The molecule has 1 aliphatic rings. The molecule has 0 saturated carbocycles. The number of methoxy groups -OCH3 is 2. The van der Waals surface area contributed by atoms with Gasteiger partial charge in [-0.1, -0.05) is 0 Å². The van der Waals surface area contributed by atoms with Gasteiger partial charge >= 0.3 is 0 Å². The summed E-state index contributed by atoms with van der Waals surface area (Å²) in [6.45, 7) is 1.19. The predicted octanol–water partition coefficient (Wildman–Crippen LogP) is 0.487. The summed E-state index contributed by atoms with van der Waals surface area (Å²) >= 11 is 0. The van der Waals surface area contributed by atoms with E-state index in [0.29, 0.717) is 30.2 Å². The van der Waals surface area contributed by atoms with Crippen molar-refractivity contribution in [1.29, 1.82) is 0 Å². The molecule has 17 heavy (non-hydrogen) atoms. The van der Waals surface area contributed by atoms with E-state index in [1.807, 2.05) is 0 Å². The number of likely N-dealkylation sites (tertiary alicyclic amines) is 1. The van der Waals surface area contributed by atoms with Gasteiger partial charge < -0.3 is 20.1 Å². The Labute approximate surface area is 100 Å². The van der Waals surface area contributed by atoms with Crippen molar-refractivity contribution in [2.45, 2.75) is 6.04 Å². The number of benzene rings is 1. The number of hydrogen-bond acceptors (Lipinski definition) is 4. The SMILES string of the molecule is COc1ccc(OC)c(C(=O)N2CC(N)C2)c1. The molecule has 1 saturated heterocycles. The van der Waals surface area contributed by atoms with Gasteiger partial charge in [-0.15, -0.1) is 0 Å². The molecule has 5 nitrogen and oxygen atoms in total. The molecule has 0 unspecified atom stereocenters. The maximum Gasteiger partial charge on any atom is 0.257 e. The summed E-state index contributed by atoms with van der Waals surface area (Å²) < 4.78 is 10.3. The fourth-order valence-corrected chi connectivity index (χ4v) is 1.83. The Bertz CT molecular complexity index is 428. The third-order valence-corrected chi connectivity index (χ3v) is 2.83. The predicted molar refractivity (Wildman–Crippen MR) is 63.4 cm³/mol. The molecular formula is C12H16N2O3. The number of hydrogen-bond donors (Lipinski definition) is 1. The molecule has 0 aliphatic carbocycles. The second-order valence-corrected chi connectivity index (χ2v) is 4.04. The number of amides is 1. The van der Waals surface area contributed by atoms with E-state index in [1.165, 1.54) is 0 Å². The summed E-state index contributed by atoms with van der Waals surface area (Å²) in [7, 11) is 3.11. The first-order valence-corrected chi connectivity index (χ1v) is 5.42. The van der Waals surface area contributed by atoms with E-state index < -0.39 is 0 Å². The number of rotatable bonds is 3. The van der Waals surface area contributed by atoms with Crippen molar-refractivity contribution in [1.82, 2.24) is 4.90 Å². The highest BCUT2D eigenvalue weighted by Gasteiger charge is 2.30. The third-order valence-electron chi connectivity index (χ3n) is 2.83. The molecule has 1 fully saturated rings. The molecule has 2 N–H and O–H groups in total. The zero-order valence-electron chi connectivity index (χ0n) is 9.97. The topological polar surface area (TPSA) is 64.8 Å². The monoisotopic (exact) mass is 236 g/mol. The van der Waals surface area contributed by atoms with Crippen molar-refractivity contribution in [2.24, 2.45) is 5.73 Å². The highest BCUT2D eigenvalue weighted by Crippen LogP contribution is 2.26. The number of carbonyl (C=O) groups excluding carboxylic acids is 1. The molecule has 1 aromatic rings. The van der Waals surface area contributed by atoms with Gasteiger partial charge in [0.1, 0.15) is 11.5 Å². The van der Waals surface area contributed by atoms with Crippen LogP contribution >= 0.6 is 0 Å². The number of carbonyl (C=O) groups is 1. The first-order valence-electron chi connectivity index (χ1n) is 5.42. The highest BCUT2D eigenvalue weighted by atomic mass is 16.5. The summed E-state index contributed by atoms with van der Waals surface area (Å²) in [5.74, 6) is 1.12. The lowest BCUT2D eigenvalue weighted by Gasteiger charge is -2.37. The van der Waals surface area contributed by atoms with Crippen molar-refractivity contribution in [3.8, 4) is 11.5 Å². The summed E-state index contributed by atoms with van der Waals surface area (Å²) in [5, 5.41) is 0. The standard InChI is InChI=1S/C12H16N2O3/c1-16-9-3-4-11(17-2)10(5-9)12(15)14-6-8(13)7-14/h3-5,8H,6-7,13H2,1-2H3. The van der Waals surface area contributed by atoms with Crippen molar-refractivity contribution in [2.75, 3.05) is 27.3 Å². The van der Waals surface area contributed by atoms with E-state index in [4.69, 9.17) is 15.2 Å². The second-order valence-electron chi connectivity index (χ2n) is 4.04. The van der Waals surface area contributed by atoms with Gasteiger partial charge in [0.2, 0.25) is 0 Å². The van der Waals surface area contributed by atoms with E-state index in [9.17, 15) is 4.79 Å². The number of nitrogens with zero attached hydrogens (tertiary/aromatic N) is 1. The fourth-order valence-electron chi connectivity index (χ4n) is 1.83. The Morgan fingerprint density at radius 1 is 1.35 bits per heavy atom. The van der Waals surface area contributed by atoms with E-state index in [1.54, 1.807) is 37.3 Å². The fraction of sp³-hybridized carbons (Fsp3) is 0.417. The molecular weight excluding hydrogens is 220 g/mol. The van der Waals surface area contributed by atoms with Gasteiger partial charge in [-0.2, -0.15) is 0 Å². The molecule has 2 rings (SSSR count). The minimum absolute atomic E-state index is 0.0672. The smallest absolute Gasteiger partial charge is 0.257 e. The second kappa shape index (κ2) is 4.63. The minimum Gasteiger partial charge on any atom is -0.497 e. The Kier molecular flexibility index (Phi) is 3.19. The van der Waals surface area contributed by atoms with Gasteiger partial charge in [-0.25, -0.2) is 0 Å². The van der Waals surface area contributed by atoms with Crippen LogP contribution in [0.25, 0.3) is 0 Å². The van der Waals surface area contributed by atoms with Crippen LogP contribution in [-0.4, -0.2) is 44.2 Å². The van der Waals surface area contributed by atoms with Crippen LogP contribution in [0.2, 0.25) is 0 Å². The molecule has 0 aromatic heterocycles. The van der Waals surface area contributed by atoms with Crippen LogP contribution in [-0.2, 0) is 0 Å². The van der Waals surface area contributed by atoms with Crippen LogP contribution in [0.4, 0.5) is 0 Å². The Balaban J connectivity index is 2.25. The van der Waals surface area contributed by atoms with Gasteiger partial charge in [0.05, 0.1) is 19.8 Å². The summed E-state index contributed by atoms with van der Waals surface area (Å²) in [6, 6.07) is 5.27. The molecule has 0 bridgehead atoms. The van der Waals surface area contributed by atoms with Crippen LogP contribution in [0.3, 0.4) is 0 Å². The zero-order valence-corrected chi connectivity index (χ0v) is 9.97. The van der Waals surface area contributed by atoms with Gasteiger partial charge in [0.15, 0.2) is 0 Å². The molecule has 92 valence electrons. The first kappa shape index (κ1) is 11.7. The molecule has 0 radical (unpaired) electrons. The van der Waals surface area contributed by atoms with Gasteiger partial charge in [0, 0.05) is 19.1 Å². The van der Waals surface area contributed by atoms with Crippen molar-refractivity contribution in [3.63, 3.8) is 0 Å². The van der Waals surface area contributed by atoms with Crippen molar-refractivity contribution < 1.29 is 14.3 Å². The minimum atomic E-state index is -0.0672. The molecule has 1 amide bonds. The van der Waals surface area contributed by atoms with Crippen molar-refractivity contribution >= 4 is 5.91 Å². The summed E-state index contributed by atoms with van der Waals surface area (Å²) in [4.78, 5) is 13.9. The lowest BCUT2D eigenvalue weighted by molar-refractivity contribution is 0.0604. The number of nitrogens with two attached hydrogens (primary N) is 1. The van der Waals surface area contributed by atoms with Gasteiger partial charge in [0.25, 0.3) is 5.91 Å². The molecule has 1 aliphatic heterocycles. The average Bonchev–Trinajstić information content (AvgIpc) is 2.33. The lowest BCUT2D eigenvalue weighted by atomic mass is 10.1. The quantitative estimate of drug-likeness (QED) is 0.829. The summed E-state index contributed by atoms with van der Waals surface area (Å²) in [6.07, 6.45) is 0. The largest absolute Gasteiger partial charge is 0.497 e. The molecule has 0 atom stereocenters. The maximum atomic E-state index is 12.2. The Morgan fingerprint density at radius 2 is 2.06 bits per heavy atom. The third kappa shape index (κ3) is 2.19. The molecule has 1 heterocycles. The zero-order chi connectivity index (χ0) is 12.4. The normalized spacial score (nSPS) is 15.4. The Morgan fingerprint density at radius 3 is 2.59 bits per heavy atom. The van der Waals surface area contributed by atoms with E-state index in [0.717, 1.165) is 0 Å². The van der Waals surface area contributed by atoms with Gasteiger partial charge in [-0.05, 0) is 18.2 Å². The van der Waals surface area contributed by atoms with Crippen LogP contribution < -0.4 is 15.2 Å². The molecule has 5 heteroatoms. The van der Waals surface area contributed by atoms with E-state index >= 15 is 0 Å². The first-order chi connectivity index (χ1) is 8.15.